The van der Waals surface area contributed by atoms with Crippen molar-refractivity contribution in [2.75, 3.05) is 4.90 Å². The van der Waals surface area contributed by atoms with Crippen LogP contribution in [0.5, 0.6) is 0 Å². The summed E-state index contributed by atoms with van der Waals surface area (Å²) in [4.78, 5) is 19.1. The minimum atomic E-state index is 0.199. The van der Waals surface area contributed by atoms with Crippen molar-refractivity contribution in [3.8, 4) is 0 Å². The molecule has 3 rings (SSSR count). The maximum atomic E-state index is 12.9. The number of nitrogens with zero attached hydrogens (tertiary/aromatic N) is 2. The van der Waals surface area contributed by atoms with Crippen LogP contribution in [0.4, 0.5) is 5.69 Å². The summed E-state index contributed by atoms with van der Waals surface area (Å²) < 4.78 is 1.02. The van der Waals surface area contributed by atoms with Crippen molar-refractivity contribution in [3.05, 3.63) is 58.8 Å². The van der Waals surface area contributed by atoms with Crippen molar-refractivity contribution in [2.24, 2.45) is 5.92 Å². The monoisotopic (exact) mass is 372 g/mol. The SMILES string of the molecule is O=C(CC1CCCC1)N(Cc1ccccn1)c1ccc(Br)cc1. The average molecular weight is 373 g/mol. The topological polar surface area (TPSA) is 33.2 Å². The molecule has 0 N–H and O–H groups in total. The van der Waals surface area contributed by atoms with Crippen LogP contribution >= 0.6 is 15.9 Å². The van der Waals surface area contributed by atoms with Crippen molar-refractivity contribution >= 4 is 27.5 Å². The summed E-state index contributed by atoms with van der Waals surface area (Å²) in [6.07, 6.45) is 7.30. The first-order valence-electron chi connectivity index (χ1n) is 8.18. The van der Waals surface area contributed by atoms with Gasteiger partial charge in [0.15, 0.2) is 0 Å². The molecule has 1 aromatic heterocycles. The molecule has 23 heavy (non-hydrogen) atoms. The first kappa shape index (κ1) is 16.2. The fourth-order valence-corrected chi connectivity index (χ4v) is 3.43. The zero-order valence-electron chi connectivity index (χ0n) is 13.1. The van der Waals surface area contributed by atoms with E-state index in [4.69, 9.17) is 0 Å². The van der Waals surface area contributed by atoms with Gasteiger partial charge in [0.2, 0.25) is 5.91 Å². The highest BCUT2D eigenvalue weighted by atomic mass is 79.9. The first-order valence-corrected chi connectivity index (χ1v) is 8.97. The molecule has 1 heterocycles. The molecule has 1 aliphatic rings. The average Bonchev–Trinajstić information content (AvgIpc) is 3.07. The van der Waals surface area contributed by atoms with Crippen LogP contribution in [0.3, 0.4) is 0 Å². The van der Waals surface area contributed by atoms with E-state index in [9.17, 15) is 4.79 Å². The summed E-state index contributed by atoms with van der Waals surface area (Å²) in [5, 5.41) is 0. The Morgan fingerprint density at radius 1 is 1.13 bits per heavy atom. The third-order valence-corrected chi connectivity index (χ3v) is 4.95. The van der Waals surface area contributed by atoms with E-state index in [1.165, 1.54) is 25.7 Å². The molecule has 1 aromatic carbocycles. The number of carbonyl (C=O) groups excluding carboxylic acids is 1. The Hall–Kier alpha value is -1.68. The van der Waals surface area contributed by atoms with E-state index in [1.807, 2.05) is 47.4 Å². The van der Waals surface area contributed by atoms with Gasteiger partial charge in [0.05, 0.1) is 12.2 Å². The van der Waals surface area contributed by atoms with Gasteiger partial charge in [-0.1, -0.05) is 34.8 Å². The largest absolute Gasteiger partial charge is 0.306 e. The predicted octanol–water partition coefficient (Wildman–Crippen LogP) is 4.96. The van der Waals surface area contributed by atoms with Crippen LogP contribution in [0.2, 0.25) is 0 Å². The van der Waals surface area contributed by atoms with Gasteiger partial charge in [-0.3, -0.25) is 9.78 Å². The van der Waals surface area contributed by atoms with Crippen molar-refractivity contribution in [2.45, 2.75) is 38.6 Å². The van der Waals surface area contributed by atoms with E-state index in [0.717, 1.165) is 15.9 Å². The zero-order valence-corrected chi connectivity index (χ0v) is 14.7. The third kappa shape index (κ3) is 4.41. The Balaban J connectivity index is 1.79. The maximum absolute atomic E-state index is 12.9. The molecule has 120 valence electrons. The second-order valence-electron chi connectivity index (χ2n) is 6.13. The lowest BCUT2D eigenvalue weighted by Crippen LogP contribution is -2.31. The number of hydrogen-bond donors (Lipinski definition) is 0. The van der Waals surface area contributed by atoms with Crippen LogP contribution in [-0.4, -0.2) is 10.9 Å². The molecular formula is C19H21BrN2O. The number of rotatable bonds is 5. The van der Waals surface area contributed by atoms with Crippen molar-refractivity contribution in [1.82, 2.24) is 4.98 Å². The number of anilines is 1. The standard InChI is InChI=1S/C19H21BrN2O/c20-16-8-10-18(11-9-16)22(14-17-7-3-4-12-21-17)19(23)13-15-5-1-2-6-15/h3-4,7-12,15H,1-2,5-6,13-14H2. The van der Waals surface area contributed by atoms with Crippen LogP contribution in [0.15, 0.2) is 53.1 Å². The lowest BCUT2D eigenvalue weighted by molar-refractivity contribution is -0.119. The van der Waals surface area contributed by atoms with Gasteiger partial charge in [0, 0.05) is 22.8 Å². The van der Waals surface area contributed by atoms with E-state index in [1.54, 1.807) is 6.20 Å². The number of halogens is 1. The lowest BCUT2D eigenvalue weighted by Gasteiger charge is -2.24. The minimum absolute atomic E-state index is 0.199. The Bertz CT molecular complexity index is 636. The highest BCUT2D eigenvalue weighted by Gasteiger charge is 2.23. The fraction of sp³-hybridized carbons (Fsp3) is 0.368. The molecule has 1 amide bonds. The molecule has 2 aromatic rings. The van der Waals surface area contributed by atoms with Crippen LogP contribution in [0.25, 0.3) is 0 Å². The van der Waals surface area contributed by atoms with Gasteiger partial charge >= 0.3 is 0 Å². The Morgan fingerprint density at radius 2 is 1.87 bits per heavy atom. The van der Waals surface area contributed by atoms with Crippen LogP contribution < -0.4 is 4.90 Å². The van der Waals surface area contributed by atoms with Crippen molar-refractivity contribution in [3.63, 3.8) is 0 Å². The van der Waals surface area contributed by atoms with Gasteiger partial charge in [-0.05, 0) is 55.2 Å². The maximum Gasteiger partial charge on any atom is 0.227 e. The molecule has 0 radical (unpaired) electrons. The number of benzene rings is 1. The van der Waals surface area contributed by atoms with Crippen LogP contribution in [0.1, 0.15) is 37.8 Å². The van der Waals surface area contributed by atoms with Gasteiger partial charge < -0.3 is 4.90 Å². The summed E-state index contributed by atoms with van der Waals surface area (Å²) in [6, 6.07) is 13.7. The second-order valence-corrected chi connectivity index (χ2v) is 7.05. The quantitative estimate of drug-likeness (QED) is 0.742. The van der Waals surface area contributed by atoms with Crippen molar-refractivity contribution in [1.29, 1.82) is 0 Å². The van der Waals surface area contributed by atoms with Crippen LogP contribution in [0, 0.1) is 5.92 Å². The number of hydrogen-bond acceptors (Lipinski definition) is 2. The Kier molecular flexibility index (Phi) is 5.44. The molecule has 3 nitrogen and oxygen atoms in total. The highest BCUT2D eigenvalue weighted by Crippen LogP contribution is 2.29. The van der Waals surface area contributed by atoms with Crippen molar-refractivity contribution < 1.29 is 4.79 Å². The summed E-state index contributed by atoms with van der Waals surface area (Å²) in [5.74, 6) is 0.744. The summed E-state index contributed by atoms with van der Waals surface area (Å²) >= 11 is 3.45. The van der Waals surface area contributed by atoms with Gasteiger partial charge in [-0.25, -0.2) is 0 Å². The minimum Gasteiger partial charge on any atom is -0.306 e. The summed E-state index contributed by atoms with van der Waals surface area (Å²) in [7, 11) is 0. The van der Waals surface area contributed by atoms with E-state index in [2.05, 4.69) is 20.9 Å². The lowest BCUT2D eigenvalue weighted by atomic mass is 10.0. The third-order valence-electron chi connectivity index (χ3n) is 4.42. The molecule has 0 saturated heterocycles. The highest BCUT2D eigenvalue weighted by molar-refractivity contribution is 9.10. The number of carbonyl (C=O) groups is 1. The molecule has 0 atom stereocenters. The number of aromatic nitrogens is 1. The van der Waals surface area contributed by atoms with Gasteiger partial charge in [-0.2, -0.15) is 0 Å². The molecule has 0 bridgehead atoms. The molecule has 0 aliphatic heterocycles. The molecule has 4 heteroatoms. The normalized spacial score (nSPS) is 14.8. The Morgan fingerprint density at radius 3 is 2.52 bits per heavy atom. The Labute approximate surface area is 145 Å². The predicted molar refractivity (Wildman–Crippen MR) is 96.1 cm³/mol. The van der Waals surface area contributed by atoms with Crippen LogP contribution in [-0.2, 0) is 11.3 Å². The molecule has 1 fully saturated rings. The number of amides is 1. The van der Waals surface area contributed by atoms with E-state index in [0.29, 0.717) is 18.9 Å². The molecular weight excluding hydrogens is 352 g/mol. The smallest absolute Gasteiger partial charge is 0.227 e. The fourth-order valence-electron chi connectivity index (χ4n) is 3.17. The summed E-state index contributed by atoms with van der Waals surface area (Å²) in [6.45, 7) is 0.522. The van der Waals surface area contributed by atoms with E-state index >= 15 is 0 Å². The molecule has 1 saturated carbocycles. The van der Waals surface area contributed by atoms with Gasteiger partial charge in [0.25, 0.3) is 0 Å². The zero-order chi connectivity index (χ0) is 16.1. The summed E-state index contributed by atoms with van der Waals surface area (Å²) in [5.41, 5.74) is 1.84. The first-order chi connectivity index (χ1) is 11.2. The van der Waals surface area contributed by atoms with Gasteiger partial charge in [-0.15, -0.1) is 0 Å². The van der Waals surface area contributed by atoms with E-state index < -0.39 is 0 Å². The molecule has 0 unspecified atom stereocenters. The second kappa shape index (κ2) is 7.73. The molecule has 1 aliphatic carbocycles. The molecule has 0 spiro atoms. The number of pyridine rings is 1. The van der Waals surface area contributed by atoms with E-state index in [-0.39, 0.29) is 5.91 Å². The van der Waals surface area contributed by atoms with Gasteiger partial charge in [0.1, 0.15) is 0 Å².